The quantitative estimate of drug-likeness (QED) is 0.737. The van der Waals surface area contributed by atoms with Crippen molar-refractivity contribution >= 4 is 34.7 Å². The van der Waals surface area contributed by atoms with Gasteiger partial charge in [0, 0.05) is 31.7 Å². The van der Waals surface area contributed by atoms with Crippen molar-refractivity contribution in [2.45, 2.75) is 19.4 Å². The van der Waals surface area contributed by atoms with Crippen molar-refractivity contribution in [2.24, 2.45) is 0 Å². The summed E-state index contributed by atoms with van der Waals surface area (Å²) in [5.41, 5.74) is 1.82. The molecule has 9 heteroatoms. The summed E-state index contributed by atoms with van der Waals surface area (Å²) in [5, 5.41) is 3.84. The summed E-state index contributed by atoms with van der Waals surface area (Å²) in [6.07, 6.45) is 7.41. The van der Waals surface area contributed by atoms with Crippen LogP contribution in [0.25, 0.3) is 10.6 Å². The average molecular weight is 379 g/mol. The van der Waals surface area contributed by atoms with Crippen LogP contribution in [-0.4, -0.2) is 45.1 Å². The Morgan fingerprint density at radius 1 is 1.26 bits per heavy atom. The average Bonchev–Trinajstić information content (AvgIpc) is 3.30. The second-order valence-electron chi connectivity index (χ2n) is 6.56. The Kier molecular flexibility index (Phi) is 3.75. The van der Waals surface area contributed by atoms with E-state index in [0.29, 0.717) is 11.6 Å². The van der Waals surface area contributed by atoms with Gasteiger partial charge >= 0.3 is 6.03 Å². The lowest BCUT2D eigenvalue weighted by Gasteiger charge is -2.35. The number of nitrogens with one attached hydrogen (secondary N) is 1. The summed E-state index contributed by atoms with van der Waals surface area (Å²) < 4.78 is 0. The van der Waals surface area contributed by atoms with E-state index in [9.17, 15) is 4.79 Å². The van der Waals surface area contributed by atoms with Gasteiger partial charge in [-0.2, -0.15) is 0 Å². The predicted octanol–water partition coefficient (Wildman–Crippen LogP) is 2.93. The van der Waals surface area contributed by atoms with Crippen LogP contribution in [0.15, 0.2) is 36.9 Å². The minimum atomic E-state index is -0.228. The van der Waals surface area contributed by atoms with E-state index >= 15 is 0 Å². The molecule has 0 aromatic carbocycles. The summed E-state index contributed by atoms with van der Waals surface area (Å²) in [5.74, 6) is 1.12. The van der Waals surface area contributed by atoms with Crippen molar-refractivity contribution in [1.82, 2.24) is 19.9 Å². The summed E-state index contributed by atoms with van der Waals surface area (Å²) in [7, 11) is 0. The molecule has 0 radical (unpaired) electrons. The Bertz CT molecular complexity index is 1010. The number of aromatic nitrogens is 4. The van der Waals surface area contributed by atoms with Gasteiger partial charge < -0.3 is 4.90 Å². The molecule has 2 amide bonds. The molecule has 1 fully saturated rings. The molecular weight excluding hydrogens is 362 g/mol. The first-order chi connectivity index (χ1) is 13.2. The van der Waals surface area contributed by atoms with E-state index in [1.165, 1.54) is 6.20 Å². The molecule has 1 atom stereocenters. The van der Waals surface area contributed by atoms with Gasteiger partial charge in [-0.05, 0) is 25.5 Å². The Labute approximate surface area is 159 Å². The summed E-state index contributed by atoms with van der Waals surface area (Å²) in [4.78, 5) is 35.4. The summed E-state index contributed by atoms with van der Waals surface area (Å²) >= 11 is 1.60. The molecule has 2 aliphatic heterocycles. The van der Waals surface area contributed by atoms with E-state index in [0.717, 1.165) is 40.8 Å². The van der Waals surface area contributed by atoms with Crippen LogP contribution in [-0.2, 0) is 0 Å². The Balaban J connectivity index is 1.54. The second-order valence-corrected chi connectivity index (χ2v) is 7.80. The summed E-state index contributed by atoms with van der Waals surface area (Å²) in [6.45, 7) is 3.72. The number of nitrogens with zero attached hydrogens (tertiary/aromatic N) is 6. The van der Waals surface area contributed by atoms with E-state index in [1.54, 1.807) is 28.6 Å². The fraction of sp³-hybridized carbons (Fsp3) is 0.278. The van der Waals surface area contributed by atoms with Gasteiger partial charge in [-0.3, -0.25) is 15.2 Å². The first-order valence-electron chi connectivity index (χ1n) is 8.74. The summed E-state index contributed by atoms with van der Waals surface area (Å²) in [6, 6.07) is 3.92. The third kappa shape index (κ3) is 2.80. The molecule has 3 aromatic heterocycles. The number of aryl methyl sites for hydroxylation is 1. The molecule has 5 rings (SSSR count). The normalized spacial score (nSPS) is 17.7. The van der Waals surface area contributed by atoms with Crippen molar-refractivity contribution in [1.29, 1.82) is 0 Å². The van der Waals surface area contributed by atoms with E-state index in [1.807, 2.05) is 19.2 Å². The van der Waals surface area contributed by atoms with Gasteiger partial charge in [0.25, 0.3) is 0 Å². The zero-order valence-electron chi connectivity index (χ0n) is 14.7. The SMILES string of the molecule is Cc1ncc(-c2ccc3c(n2)N(C(=O)Nc2cnccn2)[C@H]2CCN3C2)s1. The smallest absolute Gasteiger partial charge is 0.329 e. The number of carbonyl (C=O) groups is 1. The predicted molar refractivity (Wildman–Crippen MR) is 104 cm³/mol. The molecule has 0 spiro atoms. The Morgan fingerprint density at radius 3 is 2.96 bits per heavy atom. The maximum absolute atomic E-state index is 13.0. The van der Waals surface area contributed by atoms with E-state index in [4.69, 9.17) is 4.98 Å². The van der Waals surface area contributed by atoms with E-state index in [2.05, 4.69) is 31.2 Å². The maximum atomic E-state index is 13.0. The maximum Gasteiger partial charge on any atom is 0.329 e. The highest BCUT2D eigenvalue weighted by atomic mass is 32.1. The van der Waals surface area contributed by atoms with Crippen LogP contribution < -0.4 is 15.1 Å². The van der Waals surface area contributed by atoms with Gasteiger partial charge in [-0.25, -0.2) is 19.7 Å². The molecule has 2 bridgehead atoms. The first-order valence-corrected chi connectivity index (χ1v) is 9.56. The van der Waals surface area contributed by atoms with Gasteiger partial charge in [-0.15, -0.1) is 11.3 Å². The van der Waals surface area contributed by atoms with Crippen LogP contribution in [0.4, 0.5) is 22.1 Å². The number of carbonyl (C=O) groups excluding carboxylic acids is 1. The van der Waals surface area contributed by atoms with Gasteiger partial charge in [0.2, 0.25) is 0 Å². The number of urea groups is 1. The molecule has 0 saturated carbocycles. The fourth-order valence-corrected chi connectivity index (χ4v) is 4.37. The molecule has 8 nitrogen and oxygen atoms in total. The van der Waals surface area contributed by atoms with Crippen LogP contribution in [0.1, 0.15) is 11.4 Å². The molecule has 0 aliphatic carbocycles. The highest BCUT2D eigenvalue weighted by molar-refractivity contribution is 7.15. The molecule has 136 valence electrons. The van der Waals surface area contributed by atoms with Gasteiger partial charge in [0.15, 0.2) is 11.6 Å². The number of thiazole rings is 1. The lowest BCUT2D eigenvalue weighted by molar-refractivity contribution is 0.254. The minimum absolute atomic E-state index is 0.0973. The molecule has 1 saturated heterocycles. The van der Waals surface area contributed by atoms with Crippen LogP contribution in [0, 0.1) is 6.92 Å². The first kappa shape index (κ1) is 16.1. The van der Waals surface area contributed by atoms with Gasteiger partial charge in [-0.1, -0.05) is 0 Å². The molecule has 2 aliphatic rings. The largest absolute Gasteiger partial charge is 0.366 e. The second kappa shape index (κ2) is 6.27. The van der Waals surface area contributed by atoms with Crippen molar-refractivity contribution in [2.75, 3.05) is 28.2 Å². The number of hydrogen-bond acceptors (Lipinski definition) is 7. The van der Waals surface area contributed by atoms with Crippen LogP contribution in [0.2, 0.25) is 0 Å². The Morgan fingerprint density at radius 2 is 2.19 bits per heavy atom. The van der Waals surface area contributed by atoms with Gasteiger partial charge in [0.05, 0.1) is 33.5 Å². The van der Waals surface area contributed by atoms with E-state index in [-0.39, 0.29) is 12.1 Å². The topological polar surface area (TPSA) is 87.1 Å². The van der Waals surface area contributed by atoms with Crippen LogP contribution in [0.3, 0.4) is 0 Å². The Hall–Kier alpha value is -3.07. The molecule has 1 N–H and O–H groups in total. The van der Waals surface area contributed by atoms with Crippen molar-refractivity contribution in [3.05, 3.63) is 41.9 Å². The van der Waals surface area contributed by atoms with Crippen molar-refractivity contribution in [3.63, 3.8) is 0 Å². The lowest BCUT2D eigenvalue weighted by atomic mass is 10.1. The lowest BCUT2D eigenvalue weighted by Crippen LogP contribution is -2.48. The number of hydrogen-bond donors (Lipinski definition) is 1. The molecule has 27 heavy (non-hydrogen) atoms. The third-order valence-corrected chi connectivity index (χ3v) is 5.78. The fourth-order valence-electron chi connectivity index (χ4n) is 3.62. The molecule has 5 heterocycles. The van der Waals surface area contributed by atoms with Crippen LogP contribution >= 0.6 is 11.3 Å². The highest BCUT2D eigenvalue weighted by Gasteiger charge is 2.40. The van der Waals surface area contributed by atoms with Crippen molar-refractivity contribution < 1.29 is 4.79 Å². The van der Waals surface area contributed by atoms with E-state index < -0.39 is 0 Å². The standard InChI is InChI=1S/C18H17N7OS/c1-11-21-8-15(27-11)13-2-3-14-17(22-13)25(12-4-7-24(14)10-12)18(26)23-16-9-19-5-6-20-16/h2-3,5-6,8-9,12H,4,7,10H2,1H3,(H,20,23,26)/t12-/m0/s1. The van der Waals surface area contributed by atoms with Gasteiger partial charge in [0.1, 0.15) is 0 Å². The molecule has 3 aromatic rings. The number of rotatable bonds is 2. The third-order valence-electron chi connectivity index (χ3n) is 4.84. The number of fused-ring (bicyclic) bond motifs is 4. The van der Waals surface area contributed by atoms with Crippen molar-refractivity contribution in [3.8, 4) is 10.6 Å². The number of amides is 2. The molecular formula is C18H17N7OS. The number of pyridine rings is 1. The zero-order chi connectivity index (χ0) is 18.4. The highest BCUT2D eigenvalue weighted by Crippen LogP contribution is 2.40. The zero-order valence-corrected chi connectivity index (χ0v) is 15.5. The number of anilines is 3. The monoisotopic (exact) mass is 379 g/mol. The van der Waals surface area contributed by atoms with Crippen LogP contribution in [0.5, 0.6) is 0 Å². The minimum Gasteiger partial charge on any atom is -0.366 e. The molecule has 0 unspecified atom stereocenters.